The average Bonchev–Trinajstić information content (AvgIpc) is 2.93. The summed E-state index contributed by atoms with van der Waals surface area (Å²) in [7, 11) is 0. The number of amides is 1. The number of carbonyl (C=O) groups is 1. The van der Waals surface area contributed by atoms with Crippen LogP contribution in [0.5, 0.6) is 0 Å². The number of nitrogens with one attached hydrogen (secondary N) is 2. The Bertz CT molecular complexity index is 783. The molecule has 0 aliphatic heterocycles. The van der Waals surface area contributed by atoms with Crippen LogP contribution in [0.1, 0.15) is 39.2 Å². The lowest BCUT2D eigenvalue weighted by atomic mass is 9.96. The second-order valence-electron chi connectivity index (χ2n) is 5.51. The highest BCUT2D eigenvalue weighted by Crippen LogP contribution is 2.37. The number of thiophene rings is 1. The van der Waals surface area contributed by atoms with Crippen molar-refractivity contribution in [3.8, 4) is 0 Å². The van der Waals surface area contributed by atoms with Gasteiger partial charge in [-0.2, -0.15) is 5.10 Å². The molecule has 1 aliphatic rings. The third kappa shape index (κ3) is 3.80. The summed E-state index contributed by atoms with van der Waals surface area (Å²) in [6.07, 6.45) is 6.08. The van der Waals surface area contributed by atoms with Crippen molar-refractivity contribution < 1.29 is 4.79 Å². The van der Waals surface area contributed by atoms with E-state index in [-0.39, 0.29) is 11.0 Å². The molecule has 0 unspecified atom stereocenters. The molecule has 0 fully saturated rings. The van der Waals surface area contributed by atoms with Gasteiger partial charge in [-0.15, -0.1) is 11.3 Å². The Kier molecular flexibility index (Phi) is 5.22. The van der Waals surface area contributed by atoms with Gasteiger partial charge >= 0.3 is 0 Å². The predicted molar refractivity (Wildman–Crippen MR) is 103 cm³/mol. The Labute approximate surface area is 150 Å². The Morgan fingerprint density at radius 1 is 1.25 bits per heavy atom. The zero-order chi connectivity index (χ0) is 16.9. The Morgan fingerprint density at radius 3 is 2.75 bits per heavy atom. The number of hydrogen-bond donors (Lipinski definition) is 3. The summed E-state index contributed by atoms with van der Waals surface area (Å²) in [6, 6.07) is 9.18. The fourth-order valence-electron chi connectivity index (χ4n) is 2.75. The fourth-order valence-corrected chi connectivity index (χ4v) is 4.06. The minimum atomic E-state index is -0.119. The highest BCUT2D eigenvalue weighted by Gasteiger charge is 2.21. The van der Waals surface area contributed by atoms with Crippen molar-refractivity contribution in [2.45, 2.75) is 25.7 Å². The van der Waals surface area contributed by atoms with Gasteiger partial charge in [0.05, 0.1) is 6.21 Å². The number of rotatable bonds is 4. The summed E-state index contributed by atoms with van der Waals surface area (Å²) < 4.78 is 0. The lowest BCUT2D eigenvalue weighted by Crippen LogP contribution is -2.24. The van der Waals surface area contributed by atoms with Crippen molar-refractivity contribution >= 4 is 45.8 Å². The zero-order valence-corrected chi connectivity index (χ0v) is 14.7. The van der Waals surface area contributed by atoms with E-state index in [1.807, 2.05) is 18.2 Å². The minimum absolute atomic E-state index is 0.116. The number of benzene rings is 1. The molecule has 2 aromatic rings. The molecule has 124 valence electrons. The number of anilines is 1. The number of aryl methyl sites for hydroxylation is 1. The molecule has 24 heavy (non-hydrogen) atoms. The van der Waals surface area contributed by atoms with Crippen LogP contribution in [0.15, 0.2) is 35.4 Å². The molecular formula is C17H18N4OS2. The normalized spacial score (nSPS) is 13.5. The molecule has 0 radical (unpaired) electrons. The lowest BCUT2D eigenvalue weighted by Gasteiger charge is -2.11. The van der Waals surface area contributed by atoms with E-state index in [0.29, 0.717) is 5.56 Å². The first-order valence-corrected chi connectivity index (χ1v) is 8.97. The van der Waals surface area contributed by atoms with Crippen LogP contribution in [0.4, 0.5) is 5.00 Å². The van der Waals surface area contributed by atoms with Gasteiger partial charge in [-0.3, -0.25) is 10.2 Å². The maximum Gasteiger partial charge on any atom is 0.256 e. The van der Waals surface area contributed by atoms with E-state index in [4.69, 9.17) is 18.0 Å². The summed E-state index contributed by atoms with van der Waals surface area (Å²) >= 11 is 6.39. The molecule has 3 rings (SSSR count). The number of nitrogens with zero attached hydrogens (tertiary/aromatic N) is 1. The molecule has 7 heteroatoms. The number of nitrogens with two attached hydrogens (primary N) is 1. The van der Waals surface area contributed by atoms with Crippen LogP contribution in [-0.2, 0) is 12.8 Å². The van der Waals surface area contributed by atoms with Crippen molar-refractivity contribution in [1.82, 2.24) is 5.43 Å². The van der Waals surface area contributed by atoms with E-state index in [9.17, 15) is 4.79 Å². The first-order valence-electron chi connectivity index (χ1n) is 7.74. The van der Waals surface area contributed by atoms with Crippen LogP contribution in [0.3, 0.4) is 0 Å². The van der Waals surface area contributed by atoms with Gasteiger partial charge in [-0.25, -0.2) is 0 Å². The molecule has 4 N–H and O–H groups in total. The second kappa shape index (κ2) is 7.55. The molecule has 0 spiro atoms. The average molecular weight is 358 g/mol. The van der Waals surface area contributed by atoms with Crippen LogP contribution < -0.4 is 16.5 Å². The zero-order valence-electron chi connectivity index (χ0n) is 13.0. The monoisotopic (exact) mass is 358 g/mol. The van der Waals surface area contributed by atoms with Gasteiger partial charge in [-0.05, 0) is 55.6 Å². The SMILES string of the molecule is NC(=S)N/N=C\c1c(NC(=O)c2ccccc2)sc2c1CCCC2. The molecule has 1 heterocycles. The van der Waals surface area contributed by atoms with Gasteiger partial charge in [0.25, 0.3) is 5.91 Å². The van der Waals surface area contributed by atoms with Gasteiger partial charge in [0.2, 0.25) is 0 Å². The van der Waals surface area contributed by atoms with E-state index >= 15 is 0 Å². The highest BCUT2D eigenvalue weighted by atomic mass is 32.1. The number of carbonyl (C=O) groups excluding carboxylic acids is 1. The van der Waals surface area contributed by atoms with Gasteiger partial charge in [0.15, 0.2) is 5.11 Å². The molecule has 0 atom stereocenters. The van der Waals surface area contributed by atoms with E-state index in [0.717, 1.165) is 29.8 Å². The lowest BCUT2D eigenvalue weighted by molar-refractivity contribution is 0.102. The van der Waals surface area contributed by atoms with Gasteiger partial charge in [0.1, 0.15) is 5.00 Å². The summed E-state index contributed by atoms with van der Waals surface area (Å²) in [5, 5.41) is 8.03. The van der Waals surface area contributed by atoms with E-state index in [1.54, 1.807) is 29.7 Å². The van der Waals surface area contributed by atoms with Crippen molar-refractivity contribution in [1.29, 1.82) is 0 Å². The third-order valence-corrected chi connectivity index (χ3v) is 5.16. The third-order valence-electron chi connectivity index (χ3n) is 3.84. The predicted octanol–water partition coefficient (Wildman–Crippen LogP) is 3.05. The van der Waals surface area contributed by atoms with Gasteiger partial charge in [0, 0.05) is 16.0 Å². The number of thiocarbonyl (C=S) groups is 1. The minimum Gasteiger partial charge on any atom is -0.375 e. The maximum atomic E-state index is 12.5. The van der Waals surface area contributed by atoms with E-state index in [1.165, 1.54) is 16.9 Å². The van der Waals surface area contributed by atoms with E-state index < -0.39 is 0 Å². The maximum absolute atomic E-state index is 12.5. The molecule has 5 nitrogen and oxygen atoms in total. The van der Waals surface area contributed by atoms with Crippen LogP contribution in [0.25, 0.3) is 0 Å². The molecular weight excluding hydrogens is 340 g/mol. The Morgan fingerprint density at radius 2 is 2.00 bits per heavy atom. The molecule has 0 bridgehead atoms. The summed E-state index contributed by atoms with van der Waals surface area (Å²) in [5.74, 6) is -0.119. The highest BCUT2D eigenvalue weighted by molar-refractivity contribution is 7.80. The first-order chi connectivity index (χ1) is 11.6. The molecule has 1 aromatic carbocycles. The van der Waals surface area contributed by atoms with Crippen molar-refractivity contribution in [3.63, 3.8) is 0 Å². The molecule has 1 aliphatic carbocycles. The van der Waals surface area contributed by atoms with Crippen molar-refractivity contribution in [2.24, 2.45) is 10.8 Å². The van der Waals surface area contributed by atoms with Crippen molar-refractivity contribution in [3.05, 3.63) is 51.9 Å². The Balaban J connectivity index is 1.88. The van der Waals surface area contributed by atoms with Gasteiger partial charge < -0.3 is 11.1 Å². The number of fused-ring (bicyclic) bond motifs is 1. The largest absolute Gasteiger partial charge is 0.375 e. The molecule has 1 aromatic heterocycles. The van der Waals surface area contributed by atoms with Crippen LogP contribution in [0, 0.1) is 0 Å². The second-order valence-corrected chi connectivity index (χ2v) is 7.05. The molecule has 0 saturated carbocycles. The summed E-state index contributed by atoms with van der Waals surface area (Å²) in [5.41, 5.74) is 10.8. The Hall–Kier alpha value is -2.25. The van der Waals surface area contributed by atoms with Crippen LogP contribution >= 0.6 is 23.6 Å². The summed E-state index contributed by atoms with van der Waals surface area (Å²) in [6.45, 7) is 0. The van der Waals surface area contributed by atoms with Gasteiger partial charge in [-0.1, -0.05) is 18.2 Å². The topological polar surface area (TPSA) is 79.5 Å². The quantitative estimate of drug-likeness (QED) is 0.446. The number of hydrogen-bond acceptors (Lipinski definition) is 4. The van der Waals surface area contributed by atoms with Crippen molar-refractivity contribution in [2.75, 3.05) is 5.32 Å². The molecule has 0 saturated heterocycles. The van der Waals surface area contributed by atoms with E-state index in [2.05, 4.69) is 15.8 Å². The number of hydrazone groups is 1. The van der Waals surface area contributed by atoms with Crippen LogP contribution in [0.2, 0.25) is 0 Å². The van der Waals surface area contributed by atoms with Crippen LogP contribution in [-0.4, -0.2) is 17.2 Å². The molecule has 1 amide bonds. The fraction of sp³-hybridized carbons (Fsp3) is 0.235. The summed E-state index contributed by atoms with van der Waals surface area (Å²) in [4.78, 5) is 13.8. The standard InChI is InChI=1S/C17H18N4OS2/c18-17(23)21-19-10-13-12-8-4-5-9-14(12)24-16(13)20-15(22)11-6-2-1-3-7-11/h1-3,6-7,10H,4-5,8-9H2,(H,20,22)(H3,18,21,23)/b19-10-. The first kappa shape index (κ1) is 16.6. The smallest absolute Gasteiger partial charge is 0.256 e.